The minimum Gasteiger partial charge on any atom is -0.478 e. The van der Waals surface area contributed by atoms with Gasteiger partial charge in [-0.1, -0.05) is 30.3 Å². The molecule has 3 rings (SSSR count). The Morgan fingerprint density at radius 3 is 2.70 bits per heavy atom. The predicted molar refractivity (Wildman–Crippen MR) is 85.8 cm³/mol. The fraction of sp³-hybridized carbons (Fsp3) is 0.235. The summed E-state index contributed by atoms with van der Waals surface area (Å²) in [4.78, 5) is 11.0. The summed E-state index contributed by atoms with van der Waals surface area (Å²) in [5.74, 6) is -1.15. The summed E-state index contributed by atoms with van der Waals surface area (Å²) in [5.41, 5.74) is 2.11. The highest BCUT2D eigenvalue weighted by Crippen LogP contribution is 2.30. The number of carboxylic acids is 1. The molecule has 0 amide bonds. The third-order valence-corrected chi connectivity index (χ3v) is 5.53. The van der Waals surface area contributed by atoms with E-state index in [1.54, 1.807) is 0 Å². The predicted octanol–water partition coefficient (Wildman–Crippen LogP) is 2.74. The van der Waals surface area contributed by atoms with Crippen LogP contribution in [0.2, 0.25) is 0 Å². The summed E-state index contributed by atoms with van der Waals surface area (Å²) >= 11 is 0. The second kappa shape index (κ2) is 6.14. The molecule has 5 nitrogen and oxygen atoms in total. The van der Waals surface area contributed by atoms with E-state index in [1.165, 1.54) is 24.3 Å². The molecule has 2 aromatic rings. The Bertz CT molecular complexity index is 845. The number of fused-ring (bicyclic) bond motifs is 1. The molecule has 120 valence electrons. The fourth-order valence-corrected chi connectivity index (χ4v) is 4.22. The maximum absolute atomic E-state index is 12.6. The van der Waals surface area contributed by atoms with Gasteiger partial charge in [0, 0.05) is 6.04 Å². The van der Waals surface area contributed by atoms with E-state index in [2.05, 4.69) is 4.72 Å². The summed E-state index contributed by atoms with van der Waals surface area (Å²) in [5, 5.41) is 9.01. The van der Waals surface area contributed by atoms with Gasteiger partial charge in [-0.25, -0.2) is 17.9 Å². The molecular weight excluding hydrogens is 314 g/mol. The molecule has 0 aliphatic heterocycles. The summed E-state index contributed by atoms with van der Waals surface area (Å²) in [7, 11) is -3.77. The van der Waals surface area contributed by atoms with Crippen molar-refractivity contribution in [3.05, 3.63) is 65.2 Å². The first-order valence-corrected chi connectivity index (χ1v) is 8.89. The Balaban J connectivity index is 1.91. The lowest BCUT2D eigenvalue weighted by Crippen LogP contribution is -2.31. The van der Waals surface area contributed by atoms with E-state index in [0.717, 1.165) is 30.4 Å². The molecule has 1 aliphatic carbocycles. The Morgan fingerprint density at radius 2 is 1.91 bits per heavy atom. The molecule has 0 spiro atoms. The van der Waals surface area contributed by atoms with Gasteiger partial charge in [-0.05, 0) is 48.6 Å². The van der Waals surface area contributed by atoms with Gasteiger partial charge in [0.2, 0.25) is 10.0 Å². The van der Waals surface area contributed by atoms with E-state index >= 15 is 0 Å². The van der Waals surface area contributed by atoms with Gasteiger partial charge in [0.25, 0.3) is 0 Å². The van der Waals surface area contributed by atoms with E-state index in [1.807, 2.05) is 24.3 Å². The Morgan fingerprint density at radius 1 is 1.13 bits per heavy atom. The number of rotatable bonds is 4. The molecule has 0 aromatic heterocycles. The molecule has 0 radical (unpaired) electrons. The summed E-state index contributed by atoms with van der Waals surface area (Å²) < 4.78 is 27.9. The quantitative estimate of drug-likeness (QED) is 0.902. The lowest BCUT2D eigenvalue weighted by Gasteiger charge is -2.26. The summed E-state index contributed by atoms with van der Waals surface area (Å²) in [6, 6.07) is 12.9. The normalized spacial score (nSPS) is 17.5. The lowest BCUT2D eigenvalue weighted by molar-refractivity contribution is 0.0696. The molecule has 1 atom stereocenters. The van der Waals surface area contributed by atoms with Crippen molar-refractivity contribution in [3.63, 3.8) is 0 Å². The zero-order valence-corrected chi connectivity index (χ0v) is 13.2. The average Bonchev–Trinajstić information content (AvgIpc) is 2.55. The maximum atomic E-state index is 12.6. The number of sulfonamides is 1. The number of benzene rings is 2. The van der Waals surface area contributed by atoms with Crippen molar-refractivity contribution in [1.82, 2.24) is 4.72 Å². The minimum atomic E-state index is -3.77. The molecule has 0 saturated heterocycles. The van der Waals surface area contributed by atoms with E-state index in [9.17, 15) is 13.2 Å². The van der Waals surface area contributed by atoms with Gasteiger partial charge in [-0.15, -0.1) is 0 Å². The average molecular weight is 331 g/mol. The molecule has 2 N–H and O–H groups in total. The highest BCUT2D eigenvalue weighted by molar-refractivity contribution is 7.89. The molecule has 0 saturated carbocycles. The standard InChI is InChI=1S/C17H17NO4S/c19-17(20)13-7-3-8-14(11-13)23(21,22)18-16-10-4-6-12-5-1-2-9-15(12)16/h1-3,5,7-9,11,16,18H,4,6,10H2,(H,19,20)/t16-/m0/s1. The zero-order chi connectivity index (χ0) is 16.4. The van der Waals surface area contributed by atoms with Crippen molar-refractivity contribution in [3.8, 4) is 0 Å². The van der Waals surface area contributed by atoms with Crippen molar-refractivity contribution < 1.29 is 18.3 Å². The van der Waals surface area contributed by atoms with E-state index < -0.39 is 16.0 Å². The first kappa shape index (κ1) is 15.7. The van der Waals surface area contributed by atoms with E-state index in [4.69, 9.17) is 5.11 Å². The van der Waals surface area contributed by atoms with Crippen LogP contribution in [0.1, 0.15) is 40.4 Å². The molecule has 2 aromatic carbocycles. The second-order valence-electron chi connectivity index (χ2n) is 5.60. The smallest absolute Gasteiger partial charge is 0.335 e. The van der Waals surface area contributed by atoms with Crippen molar-refractivity contribution in [2.45, 2.75) is 30.2 Å². The number of aryl methyl sites for hydroxylation is 1. The summed E-state index contributed by atoms with van der Waals surface area (Å²) in [6.45, 7) is 0. The van der Waals surface area contributed by atoms with Gasteiger partial charge in [0.05, 0.1) is 10.5 Å². The number of carbonyl (C=O) groups is 1. The van der Waals surface area contributed by atoms with Crippen LogP contribution in [0.25, 0.3) is 0 Å². The van der Waals surface area contributed by atoms with Crippen LogP contribution in [-0.4, -0.2) is 19.5 Å². The molecule has 0 heterocycles. The SMILES string of the molecule is O=C(O)c1cccc(S(=O)(=O)N[C@H]2CCCc3ccccc32)c1. The molecule has 1 aliphatic rings. The molecule has 0 bridgehead atoms. The number of nitrogens with one attached hydrogen (secondary N) is 1. The van der Waals surface area contributed by atoms with Gasteiger partial charge in [0.1, 0.15) is 0 Å². The highest BCUT2D eigenvalue weighted by atomic mass is 32.2. The third-order valence-electron chi connectivity index (χ3n) is 4.06. The van der Waals surface area contributed by atoms with Crippen molar-refractivity contribution >= 4 is 16.0 Å². The van der Waals surface area contributed by atoms with E-state index in [-0.39, 0.29) is 16.5 Å². The van der Waals surface area contributed by atoms with Crippen LogP contribution >= 0.6 is 0 Å². The minimum absolute atomic E-state index is 0.0274. The zero-order valence-electron chi connectivity index (χ0n) is 12.4. The van der Waals surface area contributed by atoms with Crippen molar-refractivity contribution in [1.29, 1.82) is 0 Å². The van der Waals surface area contributed by atoms with E-state index in [0.29, 0.717) is 0 Å². The molecule has 0 unspecified atom stereocenters. The number of hydrogen-bond donors (Lipinski definition) is 2. The first-order valence-electron chi connectivity index (χ1n) is 7.41. The van der Waals surface area contributed by atoms with Gasteiger partial charge >= 0.3 is 5.97 Å². The maximum Gasteiger partial charge on any atom is 0.335 e. The van der Waals surface area contributed by atoms with Crippen LogP contribution in [0, 0.1) is 0 Å². The molecule has 0 fully saturated rings. The van der Waals surface area contributed by atoms with Crippen LogP contribution in [0.4, 0.5) is 0 Å². The molecular formula is C17H17NO4S. The van der Waals surface area contributed by atoms with Gasteiger partial charge in [-0.3, -0.25) is 0 Å². The van der Waals surface area contributed by atoms with Crippen LogP contribution < -0.4 is 4.72 Å². The Hall–Kier alpha value is -2.18. The van der Waals surface area contributed by atoms with Crippen molar-refractivity contribution in [2.75, 3.05) is 0 Å². The number of aromatic carboxylic acids is 1. The summed E-state index contributed by atoms with van der Waals surface area (Å²) in [6.07, 6.45) is 2.59. The topological polar surface area (TPSA) is 83.5 Å². The van der Waals surface area contributed by atoms with Crippen LogP contribution in [-0.2, 0) is 16.4 Å². The first-order chi connectivity index (χ1) is 11.0. The largest absolute Gasteiger partial charge is 0.478 e. The van der Waals surface area contributed by atoms with Crippen molar-refractivity contribution in [2.24, 2.45) is 0 Å². The lowest BCUT2D eigenvalue weighted by atomic mass is 9.88. The Labute approximate surface area is 135 Å². The van der Waals surface area contributed by atoms with Crippen LogP contribution in [0.15, 0.2) is 53.4 Å². The Kier molecular flexibility index (Phi) is 4.19. The second-order valence-corrected chi connectivity index (χ2v) is 7.31. The number of carboxylic acid groups (broad SMARTS) is 1. The fourth-order valence-electron chi connectivity index (χ4n) is 2.93. The highest BCUT2D eigenvalue weighted by Gasteiger charge is 2.25. The molecule has 6 heteroatoms. The van der Waals surface area contributed by atoms with Gasteiger partial charge in [0.15, 0.2) is 0 Å². The monoisotopic (exact) mass is 331 g/mol. The number of hydrogen-bond acceptors (Lipinski definition) is 3. The van der Waals surface area contributed by atoms with Crippen LogP contribution in [0.5, 0.6) is 0 Å². The van der Waals surface area contributed by atoms with Gasteiger partial charge < -0.3 is 5.11 Å². The van der Waals surface area contributed by atoms with Crippen LogP contribution in [0.3, 0.4) is 0 Å². The van der Waals surface area contributed by atoms with Gasteiger partial charge in [-0.2, -0.15) is 0 Å². The molecule has 23 heavy (non-hydrogen) atoms. The third kappa shape index (κ3) is 3.28.